The Balaban J connectivity index is 2.10. The molecule has 0 radical (unpaired) electrons. The lowest BCUT2D eigenvalue weighted by Gasteiger charge is -2.18. The molecular weight excluding hydrogens is 374 g/mol. The van der Waals surface area contributed by atoms with Gasteiger partial charge in [0, 0.05) is 31.4 Å². The lowest BCUT2D eigenvalue weighted by Crippen LogP contribution is -2.36. The highest BCUT2D eigenvalue weighted by atomic mass is 16.6. The standard InChI is InChI=1S/C17H25N3O8/c1-3-10-8-20(15-13(23)12(22)11(9-21)28-15)16(24)18-14(10)19-17(25)27-7-5-6-26-4-2/h3,8,11-13,15,21-23H,1,4-7,9H2,2H3,(H,18,19,24,25)/t11-,12-,13-,15?/m1/s1. The summed E-state index contributed by atoms with van der Waals surface area (Å²) in [6, 6.07) is 0. The van der Waals surface area contributed by atoms with Gasteiger partial charge >= 0.3 is 11.8 Å². The first-order chi connectivity index (χ1) is 13.4. The average molecular weight is 399 g/mol. The average Bonchev–Trinajstić information content (AvgIpc) is 2.96. The van der Waals surface area contributed by atoms with Crippen LogP contribution >= 0.6 is 0 Å². The number of anilines is 1. The van der Waals surface area contributed by atoms with Crippen LogP contribution in [-0.2, 0) is 14.2 Å². The summed E-state index contributed by atoms with van der Waals surface area (Å²) < 4.78 is 16.4. The summed E-state index contributed by atoms with van der Waals surface area (Å²) >= 11 is 0. The summed E-state index contributed by atoms with van der Waals surface area (Å²) in [4.78, 5) is 28.0. The van der Waals surface area contributed by atoms with Crippen molar-refractivity contribution in [3.63, 3.8) is 0 Å². The second-order valence-electron chi connectivity index (χ2n) is 5.98. The van der Waals surface area contributed by atoms with E-state index in [1.807, 2.05) is 6.92 Å². The molecule has 1 aromatic rings. The van der Waals surface area contributed by atoms with Crippen LogP contribution in [0.15, 0.2) is 17.6 Å². The summed E-state index contributed by atoms with van der Waals surface area (Å²) in [6.07, 6.45) is -2.74. The molecule has 156 valence electrons. The van der Waals surface area contributed by atoms with E-state index < -0.39 is 42.9 Å². The van der Waals surface area contributed by atoms with Gasteiger partial charge in [-0.2, -0.15) is 4.98 Å². The van der Waals surface area contributed by atoms with Crippen molar-refractivity contribution in [3.8, 4) is 0 Å². The molecule has 0 bridgehead atoms. The molecule has 1 saturated heterocycles. The zero-order valence-corrected chi connectivity index (χ0v) is 15.5. The monoisotopic (exact) mass is 399 g/mol. The van der Waals surface area contributed by atoms with Gasteiger partial charge < -0.3 is 29.5 Å². The summed E-state index contributed by atoms with van der Waals surface area (Å²) in [5.74, 6) is -0.0715. The van der Waals surface area contributed by atoms with E-state index in [9.17, 15) is 19.8 Å². The third-order valence-corrected chi connectivity index (χ3v) is 4.08. The van der Waals surface area contributed by atoms with E-state index in [-0.39, 0.29) is 18.0 Å². The first-order valence-corrected chi connectivity index (χ1v) is 8.82. The first-order valence-electron chi connectivity index (χ1n) is 8.82. The molecule has 2 rings (SSSR count). The molecule has 0 spiro atoms. The minimum Gasteiger partial charge on any atom is -0.449 e. The van der Waals surface area contributed by atoms with Crippen molar-refractivity contribution in [3.05, 3.63) is 28.8 Å². The van der Waals surface area contributed by atoms with Gasteiger partial charge in [-0.25, -0.2) is 9.59 Å². The fourth-order valence-corrected chi connectivity index (χ4v) is 2.63. The van der Waals surface area contributed by atoms with Crippen molar-refractivity contribution in [2.24, 2.45) is 0 Å². The van der Waals surface area contributed by atoms with Crippen LogP contribution in [0.5, 0.6) is 0 Å². The van der Waals surface area contributed by atoms with Gasteiger partial charge in [0.1, 0.15) is 24.1 Å². The maximum Gasteiger partial charge on any atom is 0.412 e. The van der Waals surface area contributed by atoms with Gasteiger partial charge in [0.05, 0.1) is 13.2 Å². The van der Waals surface area contributed by atoms with E-state index in [1.165, 1.54) is 12.3 Å². The second-order valence-corrected chi connectivity index (χ2v) is 5.98. The number of aromatic nitrogens is 2. The number of rotatable bonds is 9. The Kier molecular flexibility index (Phi) is 8.08. The van der Waals surface area contributed by atoms with Crippen LogP contribution in [0, 0.1) is 0 Å². The minimum atomic E-state index is -1.44. The number of nitrogens with zero attached hydrogens (tertiary/aromatic N) is 2. The lowest BCUT2D eigenvalue weighted by atomic mass is 10.1. The zero-order valence-electron chi connectivity index (χ0n) is 15.5. The summed E-state index contributed by atoms with van der Waals surface area (Å²) in [5, 5.41) is 31.4. The predicted octanol–water partition coefficient (Wildman–Crippen LogP) is -0.527. The Labute approximate surface area is 161 Å². The first kappa shape index (κ1) is 22.0. The van der Waals surface area contributed by atoms with Crippen molar-refractivity contribution in [2.75, 3.05) is 31.7 Å². The number of amides is 1. The molecule has 28 heavy (non-hydrogen) atoms. The third kappa shape index (κ3) is 5.14. The fourth-order valence-electron chi connectivity index (χ4n) is 2.63. The number of aliphatic hydroxyl groups is 3. The number of ether oxygens (including phenoxy) is 3. The lowest BCUT2D eigenvalue weighted by molar-refractivity contribution is -0.0549. The second kappa shape index (κ2) is 10.3. The van der Waals surface area contributed by atoms with E-state index in [4.69, 9.17) is 19.3 Å². The van der Waals surface area contributed by atoms with Gasteiger partial charge in [0.15, 0.2) is 6.23 Å². The Hall–Kier alpha value is -2.31. The highest BCUT2D eigenvalue weighted by Crippen LogP contribution is 2.28. The van der Waals surface area contributed by atoms with Crippen LogP contribution in [0.4, 0.5) is 10.6 Å². The van der Waals surface area contributed by atoms with E-state index >= 15 is 0 Å². The molecule has 1 aliphatic heterocycles. The molecule has 1 amide bonds. The van der Waals surface area contributed by atoms with Crippen LogP contribution in [0.2, 0.25) is 0 Å². The van der Waals surface area contributed by atoms with Gasteiger partial charge in [-0.3, -0.25) is 9.88 Å². The quantitative estimate of drug-likeness (QED) is 0.402. The largest absolute Gasteiger partial charge is 0.449 e. The van der Waals surface area contributed by atoms with Crippen LogP contribution in [-0.4, -0.2) is 75.7 Å². The minimum absolute atomic E-state index is 0.0715. The summed E-state index contributed by atoms with van der Waals surface area (Å²) in [6.45, 7) is 6.10. The molecule has 1 fully saturated rings. The molecule has 0 saturated carbocycles. The third-order valence-electron chi connectivity index (χ3n) is 4.08. The van der Waals surface area contributed by atoms with Gasteiger partial charge in [-0.1, -0.05) is 12.7 Å². The maximum absolute atomic E-state index is 12.3. The Morgan fingerprint density at radius 3 is 2.79 bits per heavy atom. The van der Waals surface area contributed by atoms with Crippen LogP contribution in [0.3, 0.4) is 0 Å². The van der Waals surface area contributed by atoms with Crippen molar-refractivity contribution >= 4 is 18.0 Å². The number of hydrogen-bond donors (Lipinski definition) is 4. The number of aliphatic hydroxyl groups excluding tert-OH is 3. The molecule has 11 nitrogen and oxygen atoms in total. The van der Waals surface area contributed by atoms with Crippen LogP contribution in [0.25, 0.3) is 6.08 Å². The SMILES string of the molecule is C=Cc1cn(C2O[C@H](CO)[C@@H](O)[C@H]2O)c(=O)nc1NC(=O)OCCCOCC. The zero-order chi connectivity index (χ0) is 20.7. The van der Waals surface area contributed by atoms with E-state index in [1.54, 1.807) is 0 Å². The van der Waals surface area contributed by atoms with E-state index in [2.05, 4.69) is 16.9 Å². The molecule has 0 aliphatic carbocycles. The Morgan fingerprint density at radius 1 is 1.43 bits per heavy atom. The smallest absolute Gasteiger partial charge is 0.412 e. The normalized spacial score (nSPS) is 24.1. The summed E-state index contributed by atoms with van der Waals surface area (Å²) in [5.41, 5.74) is -0.573. The molecule has 1 aromatic heterocycles. The Bertz CT molecular complexity index is 738. The highest BCUT2D eigenvalue weighted by molar-refractivity contribution is 5.85. The molecule has 4 atom stereocenters. The maximum atomic E-state index is 12.3. The molecule has 1 aliphatic rings. The van der Waals surface area contributed by atoms with E-state index in [0.29, 0.717) is 19.6 Å². The van der Waals surface area contributed by atoms with Crippen LogP contribution < -0.4 is 11.0 Å². The summed E-state index contributed by atoms with van der Waals surface area (Å²) in [7, 11) is 0. The van der Waals surface area contributed by atoms with Crippen molar-refractivity contribution < 1.29 is 34.3 Å². The van der Waals surface area contributed by atoms with Crippen molar-refractivity contribution in [1.29, 1.82) is 0 Å². The van der Waals surface area contributed by atoms with Gasteiger partial charge in [0.2, 0.25) is 0 Å². The fraction of sp³-hybridized carbons (Fsp3) is 0.588. The molecule has 2 heterocycles. The molecule has 0 aromatic carbocycles. The molecule has 4 N–H and O–H groups in total. The van der Waals surface area contributed by atoms with Gasteiger partial charge in [-0.05, 0) is 6.92 Å². The highest BCUT2D eigenvalue weighted by Gasteiger charge is 2.43. The van der Waals surface area contributed by atoms with E-state index in [0.717, 1.165) is 4.57 Å². The Morgan fingerprint density at radius 2 is 2.18 bits per heavy atom. The molecule has 1 unspecified atom stereocenters. The van der Waals surface area contributed by atoms with Crippen LogP contribution in [0.1, 0.15) is 25.1 Å². The predicted molar refractivity (Wildman–Crippen MR) is 97.7 cm³/mol. The molecule has 11 heteroatoms. The number of nitrogens with one attached hydrogen (secondary N) is 1. The van der Waals surface area contributed by atoms with Gasteiger partial charge in [0.25, 0.3) is 0 Å². The topological polar surface area (TPSA) is 152 Å². The number of carbonyl (C=O) groups is 1. The number of carbonyl (C=O) groups excluding carboxylic acids is 1. The molecular formula is C17H25N3O8. The van der Waals surface area contributed by atoms with Gasteiger partial charge in [-0.15, -0.1) is 0 Å². The van der Waals surface area contributed by atoms with Crippen molar-refractivity contribution in [2.45, 2.75) is 37.9 Å². The van der Waals surface area contributed by atoms with Crippen molar-refractivity contribution in [1.82, 2.24) is 9.55 Å². The number of hydrogen-bond acceptors (Lipinski definition) is 9.